The van der Waals surface area contributed by atoms with E-state index < -0.39 is 0 Å². The van der Waals surface area contributed by atoms with Crippen molar-refractivity contribution in [1.29, 1.82) is 10.8 Å². The molecule has 2 amide bonds. The van der Waals surface area contributed by atoms with Crippen LogP contribution in [0.2, 0.25) is 0 Å². The van der Waals surface area contributed by atoms with Gasteiger partial charge in [-0.25, -0.2) is 0 Å². The Bertz CT molecular complexity index is 323. The summed E-state index contributed by atoms with van der Waals surface area (Å²) in [7, 11) is 0. The molecule has 8 N–H and O–H groups in total. The molecule has 0 fully saturated rings. The molecular weight excluding hydrogens is 324 g/mol. The number of carbonyl (C=O) groups excluding carboxylic acids is 2. The third-order valence-electron chi connectivity index (χ3n) is 1.74. The Morgan fingerprint density at radius 3 is 1.55 bits per heavy atom. The van der Waals surface area contributed by atoms with Crippen LogP contribution in [0.15, 0.2) is 0 Å². The number of amides is 2. The Morgan fingerprint density at radius 1 is 0.900 bits per heavy atom. The van der Waals surface area contributed by atoms with Gasteiger partial charge in [0.15, 0.2) is 10.3 Å². The lowest BCUT2D eigenvalue weighted by atomic mass is 10.4. The molecule has 0 radical (unpaired) electrons. The molecule has 0 unspecified atom stereocenters. The van der Waals surface area contributed by atoms with Crippen molar-refractivity contribution in [1.82, 2.24) is 10.6 Å². The highest BCUT2D eigenvalue weighted by Crippen LogP contribution is 2.00. The SMILES string of the molecule is Cl.N=C(N)SCCC(=O)NCNC(=O)CCSC(=N)N. The molecule has 116 valence electrons. The lowest BCUT2D eigenvalue weighted by Gasteiger charge is -2.07. The first-order valence-electron chi connectivity index (χ1n) is 5.39. The molecule has 8 nitrogen and oxygen atoms in total. The zero-order valence-electron chi connectivity index (χ0n) is 10.7. The van der Waals surface area contributed by atoms with Crippen LogP contribution in [-0.4, -0.2) is 40.3 Å². The minimum Gasteiger partial charge on any atom is -0.379 e. The standard InChI is InChI=1S/C9H18N6O2S2.ClH/c10-8(11)18-3-1-6(16)14-5-15-7(17)2-4-19-9(12)13;/h1-5H2,(H3,10,11)(H3,12,13)(H,14,16)(H,15,17);1H. The second-order valence-electron chi connectivity index (χ2n) is 3.30. The van der Waals surface area contributed by atoms with Crippen LogP contribution < -0.4 is 22.1 Å². The highest BCUT2D eigenvalue weighted by Gasteiger charge is 2.04. The minimum atomic E-state index is -0.216. The molecule has 0 atom stereocenters. The summed E-state index contributed by atoms with van der Waals surface area (Å²) in [5.41, 5.74) is 10.2. The number of thioether (sulfide) groups is 2. The monoisotopic (exact) mass is 342 g/mol. The van der Waals surface area contributed by atoms with Crippen molar-refractivity contribution < 1.29 is 9.59 Å². The molecule has 20 heavy (non-hydrogen) atoms. The minimum absolute atomic E-state index is 0. The van der Waals surface area contributed by atoms with Crippen LogP contribution in [0.1, 0.15) is 12.8 Å². The summed E-state index contributed by atoms with van der Waals surface area (Å²) in [5.74, 6) is 0.439. The number of nitrogens with one attached hydrogen (secondary N) is 4. The van der Waals surface area contributed by atoms with Crippen molar-refractivity contribution in [3.63, 3.8) is 0 Å². The van der Waals surface area contributed by atoms with Crippen molar-refractivity contribution in [2.45, 2.75) is 12.8 Å². The van der Waals surface area contributed by atoms with Gasteiger partial charge in [0.2, 0.25) is 11.8 Å². The van der Waals surface area contributed by atoms with Gasteiger partial charge < -0.3 is 22.1 Å². The highest BCUT2D eigenvalue weighted by atomic mass is 35.5. The van der Waals surface area contributed by atoms with Crippen molar-refractivity contribution in [2.75, 3.05) is 18.2 Å². The molecule has 0 aromatic carbocycles. The summed E-state index contributed by atoms with van der Waals surface area (Å²) in [5, 5.41) is 18.9. The van der Waals surface area contributed by atoms with Gasteiger partial charge in [0, 0.05) is 24.3 Å². The Morgan fingerprint density at radius 2 is 1.25 bits per heavy atom. The molecule has 0 aliphatic carbocycles. The van der Waals surface area contributed by atoms with E-state index in [4.69, 9.17) is 22.3 Å². The first kappa shape index (κ1) is 21.2. The van der Waals surface area contributed by atoms with E-state index in [1.165, 1.54) is 0 Å². The molecular formula is C9H19ClN6O2S2. The van der Waals surface area contributed by atoms with Gasteiger partial charge in [-0.1, -0.05) is 23.5 Å². The van der Waals surface area contributed by atoms with Crippen LogP contribution >= 0.6 is 35.9 Å². The third-order valence-corrected chi connectivity index (χ3v) is 3.18. The quantitative estimate of drug-likeness (QED) is 0.200. The fourth-order valence-electron chi connectivity index (χ4n) is 0.926. The lowest BCUT2D eigenvalue weighted by molar-refractivity contribution is -0.122. The van der Waals surface area contributed by atoms with Crippen molar-refractivity contribution in [3.8, 4) is 0 Å². The van der Waals surface area contributed by atoms with Gasteiger partial charge >= 0.3 is 0 Å². The summed E-state index contributed by atoms with van der Waals surface area (Å²) in [4.78, 5) is 22.5. The zero-order valence-corrected chi connectivity index (χ0v) is 13.2. The van der Waals surface area contributed by atoms with Gasteiger partial charge in [0.25, 0.3) is 0 Å². The molecule has 0 saturated carbocycles. The summed E-state index contributed by atoms with van der Waals surface area (Å²) >= 11 is 2.18. The maximum absolute atomic E-state index is 11.3. The van der Waals surface area contributed by atoms with E-state index in [1.54, 1.807) is 0 Å². The molecule has 0 aromatic heterocycles. The van der Waals surface area contributed by atoms with E-state index in [1.807, 2.05) is 0 Å². The molecule has 0 aromatic rings. The van der Waals surface area contributed by atoms with E-state index in [0.29, 0.717) is 11.5 Å². The summed E-state index contributed by atoms with van der Waals surface area (Å²) in [6.45, 7) is 0.0626. The van der Waals surface area contributed by atoms with E-state index in [-0.39, 0.29) is 54.1 Å². The summed E-state index contributed by atoms with van der Waals surface area (Å²) < 4.78 is 0. The topological polar surface area (TPSA) is 158 Å². The number of amidine groups is 2. The smallest absolute Gasteiger partial charge is 0.222 e. The van der Waals surface area contributed by atoms with E-state index >= 15 is 0 Å². The van der Waals surface area contributed by atoms with E-state index in [0.717, 1.165) is 23.5 Å². The van der Waals surface area contributed by atoms with Gasteiger partial charge in [0.1, 0.15) is 0 Å². The van der Waals surface area contributed by atoms with Gasteiger partial charge in [-0.3, -0.25) is 20.4 Å². The van der Waals surface area contributed by atoms with Crippen molar-refractivity contribution in [2.24, 2.45) is 11.5 Å². The maximum Gasteiger partial charge on any atom is 0.222 e. The highest BCUT2D eigenvalue weighted by molar-refractivity contribution is 8.13. The number of rotatable bonds is 8. The van der Waals surface area contributed by atoms with E-state index in [9.17, 15) is 9.59 Å². The number of hydrogen-bond acceptors (Lipinski definition) is 6. The van der Waals surface area contributed by atoms with Crippen LogP contribution in [0.25, 0.3) is 0 Å². The molecule has 0 bridgehead atoms. The molecule has 0 rings (SSSR count). The fraction of sp³-hybridized carbons (Fsp3) is 0.556. The van der Waals surface area contributed by atoms with Crippen molar-refractivity contribution in [3.05, 3.63) is 0 Å². The second kappa shape index (κ2) is 12.9. The molecule has 0 spiro atoms. The second-order valence-corrected chi connectivity index (χ2v) is 5.58. The Balaban J connectivity index is 0. The van der Waals surface area contributed by atoms with Crippen LogP contribution in [0, 0.1) is 10.8 Å². The van der Waals surface area contributed by atoms with Gasteiger partial charge in [-0.2, -0.15) is 0 Å². The summed E-state index contributed by atoms with van der Waals surface area (Å²) in [6, 6.07) is 0. The Labute approximate surface area is 132 Å². The maximum atomic E-state index is 11.3. The average Bonchev–Trinajstić information content (AvgIpc) is 2.27. The third kappa shape index (κ3) is 14.9. The molecule has 11 heteroatoms. The van der Waals surface area contributed by atoms with Gasteiger partial charge in [-0.15, -0.1) is 12.4 Å². The Kier molecular flexibility index (Phi) is 13.6. The number of hydrogen-bond donors (Lipinski definition) is 6. The Hall–Kier alpha value is -1.13. The normalized spacial score (nSPS) is 9.20. The number of nitrogens with two attached hydrogens (primary N) is 2. The lowest BCUT2D eigenvalue weighted by Crippen LogP contribution is -2.37. The largest absolute Gasteiger partial charge is 0.379 e. The van der Waals surface area contributed by atoms with Crippen LogP contribution in [0.4, 0.5) is 0 Å². The zero-order chi connectivity index (χ0) is 14.7. The molecule has 0 heterocycles. The predicted octanol–water partition coefficient (Wildman–Crippen LogP) is -0.368. The fourth-order valence-corrected chi connectivity index (χ4v) is 1.94. The van der Waals surface area contributed by atoms with Gasteiger partial charge in [-0.05, 0) is 0 Å². The van der Waals surface area contributed by atoms with E-state index in [2.05, 4.69) is 10.6 Å². The van der Waals surface area contributed by atoms with Crippen molar-refractivity contribution >= 4 is 58.1 Å². The number of carbonyl (C=O) groups is 2. The first-order valence-corrected chi connectivity index (χ1v) is 7.36. The van der Waals surface area contributed by atoms with Crippen LogP contribution in [0.3, 0.4) is 0 Å². The molecule has 0 saturated heterocycles. The number of halogens is 1. The first-order chi connectivity index (χ1) is 8.91. The summed E-state index contributed by atoms with van der Waals surface area (Å²) in [6.07, 6.45) is 0.473. The van der Waals surface area contributed by atoms with Gasteiger partial charge in [0.05, 0.1) is 6.67 Å². The van der Waals surface area contributed by atoms with Crippen LogP contribution in [0.5, 0.6) is 0 Å². The molecule has 0 aliphatic heterocycles. The van der Waals surface area contributed by atoms with Crippen LogP contribution in [-0.2, 0) is 9.59 Å². The predicted molar refractivity (Wildman–Crippen MR) is 86.4 cm³/mol. The average molecular weight is 343 g/mol. The molecule has 0 aliphatic rings.